The predicted molar refractivity (Wildman–Crippen MR) is 68.6 cm³/mol. The van der Waals surface area contributed by atoms with Crippen molar-refractivity contribution in [2.45, 2.75) is 38.6 Å². The van der Waals surface area contributed by atoms with Crippen LogP contribution in [0.25, 0.3) is 0 Å². The minimum atomic E-state index is -0.175. The van der Waals surface area contributed by atoms with Gasteiger partial charge in [0.15, 0.2) is 0 Å². The molecule has 19 heavy (non-hydrogen) atoms. The van der Waals surface area contributed by atoms with Gasteiger partial charge in [-0.1, -0.05) is 12.0 Å². The van der Waals surface area contributed by atoms with E-state index in [2.05, 4.69) is 20.8 Å². The second-order valence-corrected chi connectivity index (χ2v) is 4.50. The molecule has 7 nitrogen and oxygen atoms in total. The van der Waals surface area contributed by atoms with E-state index in [0.29, 0.717) is 25.5 Å². The highest BCUT2D eigenvalue weighted by Crippen LogP contribution is 2.22. The molecule has 1 unspecified atom stereocenters. The van der Waals surface area contributed by atoms with Crippen LogP contribution in [0.1, 0.15) is 44.5 Å². The second kappa shape index (κ2) is 7.20. The van der Waals surface area contributed by atoms with E-state index in [9.17, 15) is 4.79 Å². The van der Waals surface area contributed by atoms with Crippen LogP contribution in [0.15, 0.2) is 4.42 Å². The Morgan fingerprint density at radius 2 is 2.42 bits per heavy atom. The van der Waals surface area contributed by atoms with Crippen LogP contribution in [0.2, 0.25) is 0 Å². The van der Waals surface area contributed by atoms with Crippen molar-refractivity contribution in [3.8, 4) is 0 Å². The van der Waals surface area contributed by atoms with Crippen LogP contribution in [-0.2, 0) is 9.53 Å². The Kier molecular flexibility index (Phi) is 5.29. The molecule has 0 aromatic carbocycles. The van der Waals surface area contributed by atoms with Crippen LogP contribution in [0.4, 0.5) is 6.01 Å². The molecule has 1 aliphatic rings. The van der Waals surface area contributed by atoms with E-state index in [4.69, 9.17) is 9.15 Å². The summed E-state index contributed by atoms with van der Waals surface area (Å²) in [5, 5.41) is 13.6. The molecule has 1 saturated heterocycles. The van der Waals surface area contributed by atoms with Gasteiger partial charge in [0.2, 0.25) is 11.8 Å². The number of aromatic nitrogens is 2. The number of rotatable bonds is 7. The minimum absolute atomic E-state index is 0.117. The molecule has 1 amide bonds. The zero-order valence-electron chi connectivity index (χ0n) is 11.1. The molecule has 0 aliphatic carbocycles. The Morgan fingerprint density at radius 3 is 3.16 bits per heavy atom. The molecule has 1 atom stereocenters. The first-order valence-corrected chi connectivity index (χ1v) is 6.74. The van der Waals surface area contributed by atoms with Crippen LogP contribution in [0, 0.1) is 0 Å². The van der Waals surface area contributed by atoms with Crippen molar-refractivity contribution < 1.29 is 13.9 Å². The third kappa shape index (κ3) is 4.29. The van der Waals surface area contributed by atoms with Gasteiger partial charge in [-0.2, -0.15) is 0 Å². The number of hydrogen-bond donors (Lipinski definition) is 2. The number of anilines is 1. The van der Waals surface area contributed by atoms with Crippen LogP contribution in [0.5, 0.6) is 0 Å². The first kappa shape index (κ1) is 14.0. The molecule has 1 fully saturated rings. The molecule has 0 saturated carbocycles. The molecule has 2 heterocycles. The Bertz CT molecular complexity index is 401. The van der Waals surface area contributed by atoms with Gasteiger partial charge in [-0.05, 0) is 25.8 Å². The van der Waals surface area contributed by atoms with Crippen molar-refractivity contribution in [3.05, 3.63) is 5.89 Å². The van der Waals surface area contributed by atoms with E-state index < -0.39 is 0 Å². The highest BCUT2D eigenvalue weighted by atomic mass is 16.5. The number of amides is 1. The fourth-order valence-electron chi connectivity index (χ4n) is 1.91. The van der Waals surface area contributed by atoms with Crippen molar-refractivity contribution in [2.75, 3.05) is 25.1 Å². The third-order valence-electron chi connectivity index (χ3n) is 2.87. The number of carbonyl (C=O) groups is 1. The van der Waals surface area contributed by atoms with Crippen LogP contribution in [-0.4, -0.2) is 35.9 Å². The monoisotopic (exact) mass is 268 g/mol. The number of hydrogen-bond acceptors (Lipinski definition) is 6. The molecule has 0 spiro atoms. The molecular weight excluding hydrogens is 248 g/mol. The van der Waals surface area contributed by atoms with E-state index in [1.165, 1.54) is 0 Å². The summed E-state index contributed by atoms with van der Waals surface area (Å²) in [6.07, 6.45) is 3.33. The average Bonchev–Trinajstić information content (AvgIpc) is 3.04. The molecule has 1 aliphatic heterocycles. The smallest absolute Gasteiger partial charge is 0.322 e. The number of nitrogens with zero attached hydrogens (tertiary/aromatic N) is 2. The van der Waals surface area contributed by atoms with Crippen molar-refractivity contribution >= 4 is 11.9 Å². The van der Waals surface area contributed by atoms with E-state index in [-0.39, 0.29) is 18.0 Å². The lowest BCUT2D eigenvalue weighted by atomic mass is 10.2. The summed E-state index contributed by atoms with van der Waals surface area (Å²) in [4.78, 5) is 11.6. The van der Waals surface area contributed by atoms with E-state index in [1.807, 2.05) is 6.92 Å². The zero-order chi connectivity index (χ0) is 13.5. The first-order valence-electron chi connectivity index (χ1n) is 6.74. The summed E-state index contributed by atoms with van der Waals surface area (Å²) in [7, 11) is 0. The lowest BCUT2D eigenvalue weighted by molar-refractivity contribution is -0.117. The van der Waals surface area contributed by atoms with Gasteiger partial charge in [-0.15, -0.1) is 5.10 Å². The molecule has 0 bridgehead atoms. The maximum atomic E-state index is 11.6. The highest BCUT2D eigenvalue weighted by molar-refractivity contribution is 5.88. The number of nitrogens with one attached hydrogen (secondary N) is 2. The van der Waals surface area contributed by atoms with Crippen molar-refractivity contribution in [3.63, 3.8) is 0 Å². The quantitative estimate of drug-likeness (QED) is 0.723. The highest BCUT2D eigenvalue weighted by Gasteiger charge is 2.22. The molecule has 2 N–H and O–H groups in total. The van der Waals surface area contributed by atoms with E-state index in [0.717, 1.165) is 25.8 Å². The van der Waals surface area contributed by atoms with Crippen molar-refractivity contribution in [2.24, 2.45) is 0 Å². The van der Waals surface area contributed by atoms with E-state index >= 15 is 0 Å². The standard InChI is InChI=1S/C12H20N4O3/c1-2-7-18-8-5-10(17)14-12-16-15-11(19-12)9-4-3-6-13-9/h9,13H,2-8H2,1H3,(H,14,16,17). The van der Waals surface area contributed by atoms with Crippen molar-refractivity contribution in [1.82, 2.24) is 15.5 Å². The third-order valence-corrected chi connectivity index (χ3v) is 2.87. The topological polar surface area (TPSA) is 89.3 Å². The molecule has 0 radical (unpaired) electrons. The Balaban J connectivity index is 1.74. The lowest BCUT2D eigenvalue weighted by Gasteiger charge is -2.03. The van der Waals surface area contributed by atoms with Gasteiger partial charge >= 0.3 is 6.01 Å². The van der Waals surface area contributed by atoms with Gasteiger partial charge in [-0.3, -0.25) is 10.1 Å². The fraction of sp³-hybridized carbons (Fsp3) is 0.750. The summed E-state index contributed by atoms with van der Waals surface area (Å²) in [6.45, 7) is 4.07. The number of carbonyl (C=O) groups excluding carboxylic acids is 1. The predicted octanol–water partition coefficient (Wildman–Crippen LogP) is 1.25. The summed E-state index contributed by atoms with van der Waals surface area (Å²) < 4.78 is 10.6. The van der Waals surface area contributed by atoms with Crippen LogP contribution in [0.3, 0.4) is 0 Å². The molecule has 2 rings (SSSR count). The second-order valence-electron chi connectivity index (χ2n) is 4.50. The van der Waals surface area contributed by atoms with Gasteiger partial charge in [0.1, 0.15) is 0 Å². The van der Waals surface area contributed by atoms with Crippen LogP contribution >= 0.6 is 0 Å². The Labute approximate surface area is 112 Å². The van der Waals surface area contributed by atoms with E-state index in [1.54, 1.807) is 0 Å². The van der Waals surface area contributed by atoms with Crippen molar-refractivity contribution in [1.29, 1.82) is 0 Å². The normalized spacial score (nSPS) is 18.7. The molecular formula is C12H20N4O3. The SMILES string of the molecule is CCCOCCC(=O)Nc1nnc(C2CCCN2)o1. The molecule has 1 aromatic heterocycles. The van der Waals surface area contributed by atoms with Gasteiger partial charge in [0.05, 0.1) is 19.1 Å². The van der Waals surface area contributed by atoms with Gasteiger partial charge in [0, 0.05) is 6.61 Å². The maximum Gasteiger partial charge on any atom is 0.322 e. The maximum absolute atomic E-state index is 11.6. The van der Waals surface area contributed by atoms with Crippen LogP contribution < -0.4 is 10.6 Å². The minimum Gasteiger partial charge on any atom is -0.406 e. The molecule has 1 aromatic rings. The lowest BCUT2D eigenvalue weighted by Crippen LogP contribution is -2.14. The van der Waals surface area contributed by atoms with Gasteiger partial charge < -0.3 is 14.5 Å². The molecule has 106 valence electrons. The largest absolute Gasteiger partial charge is 0.406 e. The summed E-state index contributed by atoms with van der Waals surface area (Å²) in [5.41, 5.74) is 0. The number of ether oxygens (including phenoxy) is 1. The van der Waals surface area contributed by atoms with Gasteiger partial charge in [0.25, 0.3) is 0 Å². The average molecular weight is 268 g/mol. The zero-order valence-corrected chi connectivity index (χ0v) is 11.1. The summed E-state index contributed by atoms with van der Waals surface area (Å²) in [6, 6.07) is 0.273. The first-order chi connectivity index (χ1) is 9.29. The van der Waals surface area contributed by atoms with Gasteiger partial charge in [-0.25, -0.2) is 0 Å². The summed E-state index contributed by atoms with van der Waals surface area (Å²) in [5.74, 6) is 0.362. The fourth-order valence-corrected chi connectivity index (χ4v) is 1.91. The Morgan fingerprint density at radius 1 is 1.53 bits per heavy atom. The Hall–Kier alpha value is -1.47. The molecule has 7 heteroatoms. The summed E-state index contributed by atoms with van der Waals surface area (Å²) >= 11 is 0.